The largest absolute Gasteiger partial charge is 0.497 e. The fourth-order valence-corrected chi connectivity index (χ4v) is 1.97. The number of aldehydes is 1. The summed E-state index contributed by atoms with van der Waals surface area (Å²) in [5.74, 6) is 1.18. The molecule has 0 aliphatic heterocycles. The summed E-state index contributed by atoms with van der Waals surface area (Å²) < 4.78 is 15.9. The van der Waals surface area contributed by atoms with Gasteiger partial charge in [-0.2, -0.15) is 0 Å². The van der Waals surface area contributed by atoms with Crippen LogP contribution in [0.4, 0.5) is 0 Å². The average molecular weight is 354 g/mol. The van der Waals surface area contributed by atoms with Gasteiger partial charge >= 0.3 is 5.97 Å². The van der Waals surface area contributed by atoms with E-state index >= 15 is 0 Å². The number of carbonyl (C=O) groups excluding carboxylic acids is 2. The van der Waals surface area contributed by atoms with Gasteiger partial charge in [0.2, 0.25) is 0 Å². The molecular weight excluding hydrogens is 332 g/mol. The smallest absolute Gasteiger partial charge is 0.335 e. The van der Waals surface area contributed by atoms with E-state index < -0.39 is 5.97 Å². The maximum absolute atomic E-state index is 11.4. The summed E-state index contributed by atoms with van der Waals surface area (Å²) in [6.45, 7) is 8.85. The Morgan fingerprint density at radius 2 is 1.65 bits per heavy atom. The molecule has 2 aromatic rings. The lowest BCUT2D eigenvalue weighted by molar-refractivity contribution is -0.129. The van der Waals surface area contributed by atoms with Crippen molar-refractivity contribution >= 4 is 12.3 Å². The fourth-order valence-electron chi connectivity index (χ4n) is 1.97. The maximum atomic E-state index is 11.4. The van der Waals surface area contributed by atoms with Gasteiger partial charge in [0.1, 0.15) is 12.0 Å². The second kappa shape index (κ2) is 11.3. The number of ether oxygens (including phenoxy) is 3. The lowest BCUT2D eigenvalue weighted by atomic mass is 10.1. The molecule has 0 bridgehead atoms. The first-order valence-corrected chi connectivity index (χ1v) is 7.91. The summed E-state index contributed by atoms with van der Waals surface area (Å²) in [5.41, 5.74) is 1.98. The number of methoxy groups -OCH3 is 1. The molecule has 26 heavy (non-hydrogen) atoms. The van der Waals surface area contributed by atoms with E-state index in [-0.39, 0.29) is 0 Å². The van der Waals surface area contributed by atoms with Gasteiger partial charge < -0.3 is 14.2 Å². The third kappa shape index (κ3) is 6.28. The molecule has 0 fully saturated rings. The number of hydrogen-bond acceptors (Lipinski definition) is 5. The predicted octanol–water partition coefficient (Wildman–Crippen LogP) is 4.22. The maximum Gasteiger partial charge on any atom is 0.335 e. The predicted molar refractivity (Wildman–Crippen MR) is 102 cm³/mol. The van der Waals surface area contributed by atoms with Crippen molar-refractivity contribution in [2.75, 3.05) is 13.7 Å². The van der Waals surface area contributed by atoms with Crippen LogP contribution in [0.1, 0.15) is 6.92 Å². The molecule has 0 N–H and O–H groups in total. The highest BCUT2D eigenvalue weighted by molar-refractivity contribution is 5.84. The van der Waals surface area contributed by atoms with Gasteiger partial charge in [-0.25, -0.2) is 4.79 Å². The van der Waals surface area contributed by atoms with Crippen molar-refractivity contribution in [3.8, 4) is 28.4 Å². The lowest BCUT2D eigenvalue weighted by Crippen LogP contribution is -2.05. The van der Waals surface area contributed by atoms with Crippen molar-refractivity contribution in [1.82, 2.24) is 0 Å². The monoisotopic (exact) mass is 354 g/mol. The molecule has 5 heteroatoms. The Labute approximate surface area is 153 Å². The standard InChI is InChI=1S/C18H18O4.C3H4O/c1-4-18(19)22-16-11-8-14(12-17(16)21-5-2)13-6-9-15(20-3)10-7-13;1-2-3-4/h4,6-12H,1,5H2,2-3H3;2-3H,1H2. The second-order valence-electron chi connectivity index (χ2n) is 4.82. The van der Waals surface area contributed by atoms with Crippen LogP contribution in [0.25, 0.3) is 11.1 Å². The van der Waals surface area contributed by atoms with Crippen molar-refractivity contribution in [3.63, 3.8) is 0 Å². The molecule has 136 valence electrons. The molecule has 5 nitrogen and oxygen atoms in total. The zero-order chi connectivity index (χ0) is 19.4. The SMILES string of the molecule is C=CC(=O)Oc1ccc(-c2ccc(OC)cc2)cc1OCC.C=CC=O. The molecule has 2 aromatic carbocycles. The van der Waals surface area contributed by atoms with E-state index in [2.05, 4.69) is 13.2 Å². The molecule has 0 atom stereocenters. The second-order valence-corrected chi connectivity index (χ2v) is 4.82. The summed E-state index contributed by atoms with van der Waals surface area (Å²) in [6, 6.07) is 13.1. The van der Waals surface area contributed by atoms with E-state index in [0.717, 1.165) is 23.0 Å². The fraction of sp³-hybridized carbons (Fsp3) is 0.143. The summed E-state index contributed by atoms with van der Waals surface area (Å²) in [6.07, 6.45) is 2.95. The average Bonchev–Trinajstić information content (AvgIpc) is 2.69. The van der Waals surface area contributed by atoms with Crippen LogP contribution in [-0.2, 0) is 9.59 Å². The van der Waals surface area contributed by atoms with Crippen LogP contribution in [0.15, 0.2) is 67.8 Å². The first-order valence-electron chi connectivity index (χ1n) is 7.91. The number of esters is 1. The van der Waals surface area contributed by atoms with E-state index in [1.54, 1.807) is 13.2 Å². The van der Waals surface area contributed by atoms with Crippen molar-refractivity contribution in [2.24, 2.45) is 0 Å². The molecule has 0 aromatic heterocycles. The molecule has 0 aliphatic carbocycles. The molecule has 0 heterocycles. The molecule has 0 saturated carbocycles. The van der Waals surface area contributed by atoms with Crippen LogP contribution in [0.3, 0.4) is 0 Å². The number of rotatable bonds is 7. The molecular formula is C21H22O5. The van der Waals surface area contributed by atoms with Gasteiger partial charge in [-0.3, -0.25) is 4.79 Å². The number of benzene rings is 2. The van der Waals surface area contributed by atoms with E-state index in [0.29, 0.717) is 24.4 Å². The first kappa shape index (κ1) is 20.7. The van der Waals surface area contributed by atoms with E-state index in [1.165, 1.54) is 6.08 Å². The quantitative estimate of drug-likeness (QED) is 0.322. The molecule has 0 spiro atoms. The number of carbonyl (C=O) groups is 2. The lowest BCUT2D eigenvalue weighted by Gasteiger charge is -2.12. The van der Waals surface area contributed by atoms with Gasteiger partial charge in [-0.15, -0.1) is 0 Å². The minimum atomic E-state index is -0.516. The Balaban J connectivity index is 0.000000765. The molecule has 2 rings (SSSR count). The minimum Gasteiger partial charge on any atom is -0.497 e. The van der Waals surface area contributed by atoms with Crippen LogP contribution < -0.4 is 14.2 Å². The van der Waals surface area contributed by atoms with Crippen molar-refractivity contribution < 1.29 is 23.8 Å². The van der Waals surface area contributed by atoms with Gasteiger partial charge in [0.15, 0.2) is 11.5 Å². The van der Waals surface area contributed by atoms with Crippen molar-refractivity contribution in [3.05, 3.63) is 67.8 Å². The normalized spacial score (nSPS) is 9.15. The van der Waals surface area contributed by atoms with Gasteiger partial charge in [0, 0.05) is 6.08 Å². The first-order chi connectivity index (χ1) is 12.6. The van der Waals surface area contributed by atoms with Gasteiger partial charge in [-0.05, 0) is 48.4 Å². The Hall–Kier alpha value is -3.34. The topological polar surface area (TPSA) is 61.8 Å². The summed E-state index contributed by atoms with van der Waals surface area (Å²) in [4.78, 5) is 20.4. The molecule has 0 radical (unpaired) electrons. The zero-order valence-electron chi connectivity index (χ0n) is 14.9. The highest BCUT2D eigenvalue weighted by Crippen LogP contribution is 2.33. The highest BCUT2D eigenvalue weighted by Gasteiger charge is 2.10. The van der Waals surface area contributed by atoms with Crippen LogP contribution in [0, 0.1) is 0 Å². The van der Waals surface area contributed by atoms with E-state index in [1.807, 2.05) is 43.3 Å². The third-order valence-corrected chi connectivity index (χ3v) is 3.14. The van der Waals surface area contributed by atoms with Crippen LogP contribution >= 0.6 is 0 Å². The summed E-state index contributed by atoms with van der Waals surface area (Å²) in [5, 5.41) is 0. The Morgan fingerprint density at radius 3 is 2.15 bits per heavy atom. The minimum absolute atomic E-state index is 0.379. The Kier molecular flexibility index (Phi) is 8.96. The highest BCUT2D eigenvalue weighted by atomic mass is 16.6. The number of hydrogen-bond donors (Lipinski definition) is 0. The summed E-state index contributed by atoms with van der Waals surface area (Å²) >= 11 is 0. The van der Waals surface area contributed by atoms with Crippen molar-refractivity contribution in [2.45, 2.75) is 6.92 Å². The van der Waals surface area contributed by atoms with Gasteiger partial charge in [0.25, 0.3) is 0 Å². The van der Waals surface area contributed by atoms with Gasteiger partial charge in [-0.1, -0.05) is 31.4 Å². The Bertz CT molecular complexity index is 741. The van der Waals surface area contributed by atoms with E-state index in [9.17, 15) is 4.79 Å². The van der Waals surface area contributed by atoms with Crippen LogP contribution in [0.2, 0.25) is 0 Å². The van der Waals surface area contributed by atoms with Crippen LogP contribution in [0.5, 0.6) is 17.2 Å². The number of allylic oxidation sites excluding steroid dienone is 1. The van der Waals surface area contributed by atoms with Crippen LogP contribution in [-0.4, -0.2) is 26.0 Å². The third-order valence-electron chi connectivity index (χ3n) is 3.14. The Morgan fingerprint density at radius 1 is 1.04 bits per heavy atom. The summed E-state index contributed by atoms with van der Waals surface area (Å²) in [7, 11) is 1.63. The molecule has 0 amide bonds. The molecule has 0 saturated heterocycles. The van der Waals surface area contributed by atoms with Crippen molar-refractivity contribution in [1.29, 1.82) is 0 Å². The molecule has 0 aliphatic rings. The molecule has 0 unspecified atom stereocenters. The zero-order valence-corrected chi connectivity index (χ0v) is 14.9. The van der Waals surface area contributed by atoms with Gasteiger partial charge in [0.05, 0.1) is 13.7 Å². The van der Waals surface area contributed by atoms with E-state index in [4.69, 9.17) is 19.0 Å².